The minimum absolute atomic E-state index is 0.0497. The van der Waals surface area contributed by atoms with E-state index in [0.29, 0.717) is 5.84 Å². The van der Waals surface area contributed by atoms with Crippen molar-refractivity contribution < 1.29 is 4.79 Å². The van der Waals surface area contributed by atoms with Crippen LogP contribution in [0.4, 0.5) is 0 Å². The van der Waals surface area contributed by atoms with Crippen LogP contribution >= 0.6 is 0 Å². The van der Waals surface area contributed by atoms with Crippen LogP contribution in [0.2, 0.25) is 0 Å². The van der Waals surface area contributed by atoms with Crippen molar-refractivity contribution in [1.82, 2.24) is 5.01 Å². The van der Waals surface area contributed by atoms with E-state index in [1.165, 1.54) is 21.7 Å². The largest absolute Gasteiger partial charge is 0.385 e. The topological polar surface area (TPSA) is 58.7 Å². The molecule has 0 radical (unpaired) electrons. The number of benzene rings is 1. The minimum atomic E-state index is -0.428. The molecular formula is C15H21N3O. The molecular weight excluding hydrogens is 238 g/mol. The molecule has 4 heteroatoms. The van der Waals surface area contributed by atoms with Gasteiger partial charge in [-0.1, -0.05) is 0 Å². The van der Waals surface area contributed by atoms with E-state index in [4.69, 9.17) is 5.73 Å². The van der Waals surface area contributed by atoms with Crippen LogP contribution in [0.15, 0.2) is 5.10 Å². The van der Waals surface area contributed by atoms with Crippen LogP contribution < -0.4 is 5.73 Å². The SMILES string of the molecule is Cc1c(C)c(C)c(C2C(=O)N(C)N=C2N)c(C)c1C. The minimum Gasteiger partial charge on any atom is -0.385 e. The van der Waals surface area contributed by atoms with Crippen molar-refractivity contribution in [3.05, 3.63) is 33.4 Å². The van der Waals surface area contributed by atoms with Gasteiger partial charge in [0.1, 0.15) is 11.8 Å². The molecule has 2 rings (SSSR count). The molecule has 1 aromatic rings. The molecule has 0 saturated carbocycles. The number of nitrogens with two attached hydrogens (primary N) is 1. The Morgan fingerprint density at radius 3 is 1.74 bits per heavy atom. The smallest absolute Gasteiger partial charge is 0.257 e. The van der Waals surface area contributed by atoms with Crippen molar-refractivity contribution in [2.75, 3.05) is 7.05 Å². The quantitative estimate of drug-likeness (QED) is 0.839. The van der Waals surface area contributed by atoms with Crippen LogP contribution in [-0.2, 0) is 4.79 Å². The zero-order valence-electron chi connectivity index (χ0n) is 12.5. The number of amides is 1. The molecule has 1 aromatic carbocycles. The van der Waals surface area contributed by atoms with Gasteiger partial charge in [0.25, 0.3) is 5.91 Å². The van der Waals surface area contributed by atoms with Crippen LogP contribution in [0.1, 0.15) is 39.3 Å². The zero-order chi connectivity index (χ0) is 14.5. The maximum absolute atomic E-state index is 12.3. The summed E-state index contributed by atoms with van der Waals surface area (Å²) in [6.07, 6.45) is 0. The summed E-state index contributed by atoms with van der Waals surface area (Å²) >= 11 is 0. The summed E-state index contributed by atoms with van der Waals surface area (Å²) in [5.74, 6) is -0.0873. The van der Waals surface area contributed by atoms with Gasteiger partial charge in [0.05, 0.1) is 0 Å². The average Bonchev–Trinajstić information content (AvgIpc) is 2.61. The van der Waals surface area contributed by atoms with E-state index in [2.05, 4.69) is 39.7 Å². The molecule has 1 heterocycles. The van der Waals surface area contributed by atoms with E-state index in [0.717, 1.165) is 16.7 Å². The Morgan fingerprint density at radius 2 is 1.37 bits per heavy atom. The Labute approximate surface area is 114 Å². The Bertz CT molecular complexity index is 573. The number of amidine groups is 1. The van der Waals surface area contributed by atoms with Crippen LogP contribution in [0.3, 0.4) is 0 Å². The van der Waals surface area contributed by atoms with E-state index in [-0.39, 0.29) is 5.91 Å². The third-order valence-electron chi connectivity index (χ3n) is 4.47. The summed E-state index contributed by atoms with van der Waals surface area (Å²) < 4.78 is 0. The normalized spacial score (nSPS) is 19.1. The molecule has 0 fully saturated rings. The van der Waals surface area contributed by atoms with Crippen molar-refractivity contribution in [3.8, 4) is 0 Å². The number of carbonyl (C=O) groups is 1. The first kappa shape index (κ1) is 13.6. The van der Waals surface area contributed by atoms with E-state index in [1.54, 1.807) is 7.05 Å². The third kappa shape index (κ3) is 1.82. The number of nitrogens with zero attached hydrogens (tertiary/aromatic N) is 2. The molecule has 102 valence electrons. The van der Waals surface area contributed by atoms with Gasteiger partial charge in [0.15, 0.2) is 0 Å². The van der Waals surface area contributed by atoms with E-state index >= 15 is 0 Å². The van der Waals surface area contributed by atoms with Crippen LogP contribution in [0, 0.1) is 34.6 Å². The van der Waals surface area contributed by atoms with Gasteiger partial charge < -0.3 is 5.73 Å². The molecule has 1 unspecified atom stereocenters. The Kier molecular flexibility index (Phi) is 3.12. The van der Waals surface area contributed by atoms with Gasteiger partial charge in [-0.2, -0.15) is 5.10 Å². The number of hydrogen-bond acceptors (Lipinski definition) is 3. The summed E-state index contributed by atoms with van der Waals surface area (Å²) in [7, 11) is 1.65. The van der Waals surface area contributed by atoms with Crippen molar-refractivity contribution in [2.45, 2.75) is 40.5 Å². The second-order valence-corrected chi connectivity index (χ2v) is 5.36. The van der Waals surface area contributed by atoms with Gasteiger partial charge in [-0.25, -0.2) is 5.01 Å². The predicted octanol–water partition coefficient (Wildman–Crippen LogP) is 2.06. The van der Waals surface area contributed by atoms with E-state index in [1.807, 2.05) is 0 Å². The van der Waals surface area contributed by atoms with Crippen LogP contribution in [0.5, 0.6) is 0 Å². The van der Waals surface area contributed by atoms with Crippen molar-refractivity contribution in [1.29, 1.82) is 0 Å². The zero-order valence-corrected chi connectivity index (χ0v) is 12.5. The molecule has 0 bridgehead atoms. The van der Waals surface area contributed by atoms with Gasteiger partial charge in [0, 0.05) is 7.05 Å². The predicted molar refractivity (Wildman–Crippen MR) is 77.3 cm³/mol. The molecule has 2 N–H and O–H groups in total. The average molecular weight is 259 g/mol. The fourth-order valence-corrected chi connectivity index (χ4v) is 2.83. The van der Waals surface area contributed by atoms with Crippen LogP contribution in [0.25, 0.3) is 0 Å². The number of rotatable bonds is 1. The van der Waals surface area contributed by atoms with Crippen LogP contribution in [-0.4, -0.2) is 23.8 Å². The maximum atomic E-state index is 12.3. The summed E-state index contributed by atoms with van der Waals surface area (Å²) in [6.45, 7) is 10.4. The highest BCUT2D eigenvalue weighted by molar-refractivity contribution is 6.11. The van der Waals surface area contributed by atoms with Gasteiger partial charge in [-0.05, 0) is 68.0 Å². The highest BCUT2D eigenvalue weighted by atomic mass is 16.2. The van der Waals surface area contributed by atoms with E-state index in [9.17, 15) is 4.79 Å². The molecule has 4 nitrogen and oxygen atoms in total. The molecule has 1 amide bonds. The number of hydrogen-bond donors (Lipinski definition) is 1. The molecule has 0 spiro atoms. The lowest BCUT2D eigenvalue weighted by atomic mass is 9.83. The second-order valence-electron chi connectivity index (χ2n) is 5.36. The van der Waals surface area contributed by atoms with Crippen molar-refractivity contribution in [3.63, 3.8) is 0 Å². The summed E-state index contributed by atoms with van der Waals surface area (Å²) in [4.78, 5) is 12.3. The fourth-order valence-electron chi connectivity index (χ4n) is 2.83. The van der Waals surface area contributed by atoms with E-state index < -0.39 is 5.92 Å². The second kappa shape index (κ2) is 4.37. The first-order valence-electron chi connectivity index (χ1n) is 6.45. The number of likely N-dealkylation sites (N-methyl/N-ethyl adjacent to an activating group) is 1. The lowest BCUT2D eigenvalue weighted by Gasteiger charge is -2.22. The lowest BCUT2D eigenvalue weighted by molar-refractivity contribution is -0.128. The summed E-state index contributed by atoms with van der Waals surface area (Å²) in [5.41, 5.74) is 13.0. The monoisotopic (exact) mass is 259 g/mol. The Hall–Kier alpha value is -1.84. The molecule has 1 atom stereocenters. The van der Waals surface area contributed by atoms with Crippen molar-refractivity contribution in [2.24, 2.45) is 10.8 Å². The highest BCUT2D eigenvalue weighted by Gasteiger charge is 2.36. The summed E-state index contributed by atoms with van der Waals surface area (Å²) in [6, 6.07) is 0. The maximum Gasteiger partial charge on any atom is 0.257 e. The van der Waals surface area contributed by atoms with Gasteiger partial charge in [0.2, 0.25) is 0 Å². The highest BCUT2D eigenvalue weighted by Crippen LogP contribution is 2.34. The van der Waals surface area contributed by atoms with Gasteiger partial charge in [-0.3, -0.25) is 4.79 Å². The number of hydrazone groups is 1. The Balaban J connectivity index is 2.71. The number of carbonyl (C=O) groups excluding carboxylic acids is 1. The molecule has 0 aliphatic carbocycles. The van der Waals surface area contributed by atoms with Gasteiger partial charge >= 0.3 is 0 Å². The lowest BCUT2D eigenvalue weighted by Crippen LogP contribution is -2.28. The Morgan fingerprint density at radius 1 is 0.947 bits per heavy atom. The molecule has 1 aliphatic heterocycles. The fraction of sp³-hybridized carbons (Fsp3) is 0.467. The molecule has 19 heavy (non-hydrogen) atoms. The first-order chi connectivity index (χ1) is 8.77. The molecule has 0 aromatic heterocycles. The summed E-state index contributed by atoms with van der Waals surface area (Å²) in [5, 5.41) is 5.41. The first-order valence-corrected chi connectivity index (χ1v) is 6.45. The van der Waals surface area contributed by atoms with Gasteiger partial charge in [-0.15, -0.1) is 0 Å². The standard InChI is InChI=1S/C15H21N3O/c1-7-8(2)10(4)12(11(5)9(7)3)13-14(16)17-18(6)15(13)19/h13H,1-6H3,(H2,16,17). The molecule has 0 saturated heterocycles. The third-order valence-corrected chi connectivity index (χ3v) is 4.47. The van der Waals surface area contributed by atoms with Crippen molar-refractivity contribution >= 4 is 11.7 Å². The molecule has 1 aliphatic rings.